The summed E-state index contributed by atoms with van der Waals surface area (Å²) < 4.78 is 0. The molecule has 0 bridgehead atoms. The number of benzene rings is 1. The molecule has 4 rings (SSSR count). The van der Waals surface area contributed by atoms with Gasteiger partial charge in [-0.15, -0.1) is 0 Å². The Balaban J connectivity index is 1.59. The number of fused-ring (bicyclic) bond motifs is 1. The van der Waals surface area contributed by atoms with E-state index in [1.54, 1.807) is 6.92 Å². The van der Waals surface area contributed by atoms with Crippen LogP contribution >= 0.6 is 0 Å². The Morgan fingerprint density at radius 1 is 1.12 bits per heavy atom. The molecule has 6 heteroatoms. The summed E-state index contributed by atoms with van der Waals surface area (Å²) in [4.78, 5) is 28.0. The highest BCUT2D eigenvalue weighted by molar-refractivity contribution is 5.79. The van der Waals surface area contributed by atoms with Crippen molar-refractivity contribution in [1.29, 1.82) is 0 Å². The first-order valence-electron chi connectivity index (χ1n) is 8.12. The van der Waals surface area contributed by atoms with E-state index >= 15 is 0 Å². The standard InChI is InChI=1S/C18H19N5O/c1-13(24)22-8-10-23(11-9-22)17-12-14(6-7-19-17)18-20-15-4-2-3-5-16(15)21-18/h2-7,12H,8-11H2,1H3,(H,20,21). The monoisotopic (exact) mass is 321 g/mol. The van der Waals surface area contributed by atoms with Crippen LogP contribution < -0.4 is 4.90 Å². The molecule has 2 aromatic heterocycles. The smallest absolute Gasteiger partial charge is 0.219 e. The number of aromatic nitrogens is 3. The summed E-state index contributed by atoms with van der Waals surface area (Å²) in [5.74, 6) is 1.91. The van der Waals surface area contributed by atoms with Gasteiger partial charge in [-0.25, -0.2) is 9.97 Å². The summed E-state index contributed by atoms with van der Waals surface area (Å²) in [6.07, 6.45) is 1.81. The van der Waals surface area contributed by atoms with Gasteiger partial charge in [-0.2, -0.15) is 0 Å². The fourth-order valence-electron chi connectivity index (χ4n) is 3.08. The molecule has 3 aromatic rings. The maximum Gasteiger partial charge on any atom is 0.219 e. The lowest BCUT2D eigenvalue weighted by atomic mass is 10.2. The first-order chi connectivity index (χ1) is 11.7. The van der Waals surface area contributed by atoms with Crippen LogP contribution in [0.15, 0.2) is 42.6 Å². The van der Waals surface area contributed by atoms with Gasteiger partial charge in [0.25, 0.3) is 0 Å². The van der Waals surface area contributed by atoms with Gasteiger partial charge in [-0.05, 0) is 24.3 Å². The number of rotatable bonds is 2. The van der Waals surface area contributed by atoms with E-state index in [0.717, 1.165) is 54.4 Å². The topological polar surface area (TPSA) is 65.1 Å². The van der Waals surface area contributed by atoms with Crippen LogP contribution in [-0.4, -0.2) is 51.9 Å². The van der Waals surface area contributed by atoms with E-state index in [-0.39, 0.29) is 5.91 Å². The molecule has 24 heavy (non-hydrogen) atoms. The lowest BCUT2D eigenvalue weighted by Crippen LogP contribution is -2.48. The molecule has 0 spiro atoms. The molecule has 0 saturated carbocycles. The molecule has 1 aliphatic rings. The number of imidazole rings is 1. The zero-order valence-corrected chi connectivity index (χ0v) is 13.6. The summed E-state index contributed by atoms with van der Waals surface area (Å²) >= 11 is 0. The maximum atomic E-state index is 11.4. The van der Waals surface area contributed by atoms with Gasteiger partial charge in [0.15, 0.2) is 0 Å². The third-order valence-corrected chi connectivity index (χ3v) is 4.46. The number of anilines is 1. The van der Waals surface area contributed by atoms with Crippen molar-refractivity contribution < 1.29 is 4.79 Å². The fourth-order valence-corrected chi connectivity index (χ4v) is 3.08. The van der Waals surface area contributed by atoms with E-state index in [1.807, 2.05) is 41.4 Å². The van der Waals surface area contributed by atoms with Crippen LogP contribution in [0.4, 0.5) is 5.82 Å². The second-order valence-electron chi connectivity index (χ2n) is 6.00. The van der Waals surface area contributed by atoms with Gasteiger partial charge in [0.1, 0.15) is 11.6 Å². The number of amides is 1. The quantitative estimate of drug-likeness (QED) is 0.786. The Bertz CT molecular complexity index is 847. The van der Waals surface area contributed by atoms with Crippen molar-refractivity contribution in [3.05, 3.63) is 42.6 Å². The highest BCUT2D eigenvalue weighted by Gasteiger charge is 2.20. The van der Waals surface area contributed by atoms with Crippen molar-refractivity contribution in [3.63, 3.8) is 0 Å². The van der Waals surface area contributed by atoms with Gasteiger partial charge >= 0.3 is 0 Å². The van der Waals surface area contributed by atoms with E-state index in [2.05, 4.69) is 25.9 Å². The van der Waals surface area contributed by atoms with E-state index in [1.165, 1.54) is 0 Å². The van der Waals surface area contributed by atoms with E-state index in [0.29, 0.717) is 0 Å². The lowest BCUT2D eigenvalue weighted by Gasteiger charge is -2.35. The number of hydrogen-bond acceptors (Lipinski definition) is 4. The molecule has 1 saturated heterocycles. The van der Waals surface area contributed by atoms with Gasteiger partial charge in [-0.1, -0.05) is 12.1 Å². The van der Waals surface area contributed by atoms with Crippen molar-refractivity contribution in [1.82, 2.24) is 19.9 Å². The summed E-state index contributed by atoms with van der Waals surface area (Å²) in [5.41, 5.74) is 3.01. The molecule has 1 aromatic carbocycles. The normalized spacial score (nSPS) is 15.0. The Hall–Kier alpha value is -2.89. The second-order valence-corrected chi connectivity index (χ2v) is 6.00. The third-order valence-electron chi connectivity index (χ3n) is 4.46. The number of nitrogens with zero attached hydrogens (tertiary/aromatic N) is 4. The molecule has 1 amide bonds. The zero-order valence-electron chi connectivity index (χ0n) is 13.6. The summed E-state index contributed by atoms with van der Waals surface area (Å²) in [5, 5.41) is 0. The van der Waals surface area contributed by atoms with Crippen molar-refractivity contribution in [2.75, 3.05) is 31.1 Å². The minimum absolute atomic E-state index is 0.138. The van der Waals surface area contributed by atoms with Crippen LogP contribution in [-0.2, 0) is 4.79 Å². The van der Waals surface area contributed by atoms with E-state index < -0.39 is 0 Å². The Kier molecular flexibility index (Phi) is 3.65. The number of pyridine rings is 1. The average molecular weight is 321 g/mol. The van der Waals surface area contributed by atoms with Crippen LogP contribution in [0.25, 0.3) is 22.4 Å². The first kappa shape index (κ1) is 14.7. The number of H-pyrrole nitrogens is 1. The van der Waals surface area contributed by atoms with Crippen LogP contribution in [0.1, 0.15) is 6.92 Å². The summed E-state index contributed by atoms with van der Waals surface area (Å²) in [6.45, 7) is 4.71. The number of carbonyl (C=O) groups excluding carboxylic acids is 1. The first-order valence-corrected chi connectivity index (χ1v) is 8.12. The van der Waals surface area contributed by atoms with E-state index in [9.17, 15) is 4.79 Å². The van der Waals surface area contributed by atoms with Crippen LogP contribution in [0.5, 0.6) is 0 Å². The van der Waals surface area contributed by atoms with Crippen molar-refractivity contribution in [2.24, 2.45) is 0 Å². The number of para-hydroxylation sites is 2. The summed E-state index contributed by atoms with van der Waals surface area (Å²) in [6, 6.07) is 12.0. The molecule has 1 N–H and O–H groups in total. The molecule has 0 aliphatic carbocycles. The third kappa shape index (κ3) is 2.71. The Labute approximate surface area is 140 Å². The number of aromatic amines is 1. The van der Waals surface area contributed by atoms with Crippen molar-refractivity contribution in [3.8, 4) is 11.4 Å². The van der Waals surface area contributed by atoms with Crippen LogP contribution in [0.2, 0.25) is 0 Å². The van der Waals surface area contributed by atoms with Crippen molar-refractivity contribution >= 4 is 22.8 Å². The number of nitrogens with one attached hydrogen (secondary N) is 1. The number of carbonyl (C=O) groups is 1. The molecular weight excluding hydrogens is 302 g/mol. The van der Waals surface area contributed by atoms with Gasteiger partial charge in [0.05, 0.1) is 11.0 Å². The molecule has 0 atom stereocenters. The van der Waals surface area contributed by atoms with Crippen molar-refractivity contribution in [2.45, 2.75) is 6.92 Å². The fraction of sp³-hybridized carbons (Fsp3) is 0.278. The van der Waals surface area contributed by atoms with Gasteiger partial charge in [0.2, 0.25) is 5.91 Å². The van der Waals surface area contributed by atoms with Crippen LogP contribution in [0, 0.1) is 0 Å². The average Bonchev–Trinajstić information content (AvgIpc) is 3.06. The number of piperazine rings is 1. The minimum atomic E-state index is 0.138. The highest BCUT2D eigenvalue weighted by Crippen LogP contribution is 2.23. The predicted molar refractivity (Wildman–Crippen MR) is 93.8 cm³/mol. The Morgan fingerprint density at radius 3 is 2.67 bits per heavy atom. The highest BCUT2D eigenvalue weighted by atomic mass is 16.2. The largest absolute Gasteiger partial charge is 0.353 e. The molecule has 1 fully saturated rings. The second kappa shape index (κ2) is 5.96. The molecular formula is C18H19N5O. The lowest BCUT2D eigenvalue weighted by molar-refractivity contribution is -0.129. The molecule has 122 valence electrons. The predicted octanol–water partition coefficient (Wildman–Crippen LogP) is 2.29. The molecule has 0 unspecified atom stereocenters. The molecule has 0 radical (unpaired) electrons. The molecule has 6 nitrogen and oxygen atoms in total. The van der Waals surface area contributed by atoms with E-state index in [4.69, 9.17) is 0 Å². The van der Waals surface area contributed by atoms with Gasteiger partial charge in [0, 0.05) is 44.9 Å². The van der Waals surface area contributed by atoms with Gasteiger partial charge in [-0.3, -0.25) is 4.79 Å². The zero-order chi connectivity index (χ0) is 16.5. The SMILES string of the molecule is CC(=O)N1CCN(c2cc(-c3nc4ccccc4[nH]3)ccn2)CC1. The molecule has 1 aliphatic heterocycles. The molecule has 3 heterocycles. The van der Waals surface area contributed by atoms with Crippen LogP contribution in [0.3, 0.4) is 0 Å². The maximum absolute atomic E-state index is 11.4. The summed E-state index contributed by atoms with van der Waals surface area (Å²) in [7, 11) is 0. The Morgan fingerprint density at radius 2 is 1.92 bits per heavy atom. The van der Waals surface area contributed by atoms with Gasteiger partial charge < -0.3 is 14.8 Å². The number of hydrogen-bond donors (Lipinski definition) is 1. The minimum Gasteiger partial charge on any atom is -0.353 e.